The molecule has 0 aromatic heterocycles. The summed E-state index contributed by atoms with van der Waals surface area (Å²) in [6, 6.07) is -0.293. The minimum absolute atomic E-state index is 0.0241. The number of allylic oxidation sites excluding steroid dienone is 3. The highest BCUT2D eigenvalue weighted by Crippen LogP contribution is 2.35. The molecule has 2 rings (SSSR count). The van der Waals surface area contributed by atoms with Crippen molar-refractivity contribution in [2.24, 2.45) is 0 Å². The van der Waals surface area contributed by atoms with E-state index in [1.54, 1.807) is 12.2 Å². The Labute approximate surface area is 116 Å². The van der Waals surface area contributed by atoms with Gasteiger partial charge >= 0.3 is 0 Å². The van der Waals surface area contributed by atoms with Crippen molar-refractivity contribution in [3.63, 3.8) is 0 Å². The Hall–Kier alpha value is -0.660. The van der Waals surface area contributed by atoms with Gasteiger partial charge in [0.25, 0.3) is 5.91 Å². The Morgan fingerprint density at radius 3 is 2.78 bits per heavy atom. The maximum Gasteiger partial charge on any atom is 0.266 e. The van der Waals surface area contributed by atoms with Crippen LogP contribution < -0.4 is 0 Å². The fourth-order valence-corrected chi connectivity index (χ4v) is 5.02. The van der Waals surface area contributed by atoms with E-state index in [4.69, 9.17) is 12.2 Å². The van der Waals surface area contributed by atoms with Crippen LogP contribution in [0.3, 0.4) is 0 Å². The number of hydrogen-bond acceptors (Lipinski definition) is 5. The number of amides is 1. The lowest BCUT2D eigenvalue weighted by atomic mass is 10.2. The molecule has 2 aliphatic heterocycles. The molecule has 0 N–H and O–H groups in total. The summed E-state index contributed by atoms with van der Waals surface area (Å²) in [5.74, 6) is -0.0101. The first-order chi connectivity index (χ1) is 8.44. The molecule has 98 valence electrons. The molecule has 2 fully saturated rings. The van der Waals surface area contributed by atoms with E-state index in [2.05, 4.69) is 0 Å². The molecule has 0 radical (unpaired) electrons. The number of thioether (sulfide) groups is 1. The zero-order valence-electron chi connectivity index (χ0n) is 9.83. The number of carbonyl (C=O) groups is 1. The smallest absolute Gasteiger partial charge is 0.266 e. The highest BCUT2D eigenvalue weighted by molar-refractivity contribution is 8.26. The predicted octanol–water partition coefficient (Wildman–Crippen LogP) is 1.49. The molecule has 2 aliphatic rings. The highest BCUT2D eigenvalue weighted by Gasteiger charge is 2.41. The Bertz CT molecular complexity index is 548. The van der Waals surface area contributed by atoms with E-state index >= 15 is 0 Å². The molecule has 0 spiro atoms. The average Bonchev–Trinajstić information content (AvgIpc) is 2.77. The van der Waals surface area contributed by atoms with E-state index in [0.29, 0.717) is 15.6 Å². The second-order valence-corrected chi connectivity index (χ2v) is 8.06. The van der Waals surface area contributed by atoms with Crippen molar-refractivity contribution in [3.05, 3.63) is 23.1 Å². The van der Waals surface area contributed by atoms with Crippen molar-refractivity contribution in [3.8, 4) is 0 Å². The van der Waals surface area contributed by atoms with Gasteiger partial charge in [-0.2, -0.15) is 0 Å². The molecule has 1 atom stereocenters. The number of rotatable bonds is 2. The third kappa shape index (κ3) is 2.67. The van der Waals surface area contributed by atoms with Crippen LogP contribution in [0.15, 0.2) is 23.1 Å². The van der Waals surface area contributed by atoms with E-state index < -0.39 is 9.84 Å². The van der Waals surface area contributed by atoms with Gasteiger partial charge in [0.05, 0.1) is 22.5 Å². The van der Waals surface area contributed by atoms with Gasteiger partial charge in [-0.1, -0.05) is 36.1 Å². The minimum Gasteiger partial charge on any atom is -0.289 e. The van der Waals surface area contributed by atoms with Crippen LogP contribution in [0, 0.1) is 0 Å². The molecular formula is C11H13NO3S3. The molecule has 4 nitrogen and oxygen atoms in total. The maximum absolute atomic E-state index is 12.1. The molecule has 2 heterocycles. The first-order valence-corrected chi connectivity index (χ1v) is 8.58. The van der Waals surface area contributed by atoms with Gasteiger partial charge in [0, 0.05) is 0 Å². The quantitative estimate of drug-likeness (QED) is 0.571. The van der Waals surface area contributed by atoms with Crippen molar-refractivity contribution in [1.29, 1.82) is 0 Å². The third-order valence-corrected chi connectivity index (χ3v) is 5.94. The van der Waals surface area contributed by atoms with E-state index in [1.165, 1.54) is 16.7 Å². The fraction of sp³-hybridized carbons (Fsp3) is 0.455. The number of carbonyl (C=O) groups excluding carboxylic acids is 1. The first kappa shape index (κ1) is 13.8. The fourth-order valence-electron chi connectivity index (χ4n) is 1.97. The van der Waals surface area contributed by atoms with Crippen molar-refractivity contribution in [2.75, 3.05) is 11.5 Å². The number of hydrogen-bond donors (Lipinski definition) is 0. The molecule has 0 saturated carbocycles. The van der Waals surface area contributed by atoms with Crippen LogP contribution in [0.5, 0.6) is 0 Å². The largest absolute Gasteiger partial charge is 0.289 e. The van der Waals surface area contributed by atoms with Crippen molar-refractivity contribution >= 4 is 44.0 Å². The zero-order valence-corrected chi connectivity index (χ0v) is 12.3. The van der Waals surface area contributed by atoms with Gasteiger partial charge in [-0.15, -0.1) is 0 Å². The first-order valence-electron chi connectivity index (χ1n) is 5.53. The SMILES string of the molecule is C/C=C/C=C1\SC(=S)N(C2CCS(=O)(=O)C2)C1=O. The maximum atomic E-state index is 12.1. The summed E-state index contributed by atoms with van der Waals surface area (Å²) in [5, 5.41) is 0. The molecule has 2 saturated heterocycles. The van der Waals surface area contributed by atoms with Crippen LogP contribution in [0.2, 0.25) is 0 Å². The van der Waals surface area contributed by atoms with Crippen molar-refractivity contribution in [1.82, 2.24) is 4.90 Å². The average molecular weight is 303 g/mol. The topological polar surface area (TPSA) is 54.5 Å². The van der Waals surface area contributed by atoms with Gasteiger partial charge in [-0.25, -0.2) is 8.42 Å². The minimum atomic E-state index is -3.01. The van der Waals surface area contributed by atoms with Gasteiger partial charge in [0.1, 0.15) is 4.32 Å². The van der Waals surface area contributed by atoms with Crippen LogP contribution >= 0.6 is 24.0 Å². The van der Waals surface area contributed by atoms with Crippen molar-refractivity contribution in [2.45, 2.75) is 19.4 Å². The lowest BCUT2D eigenvalue weighted by Gasteiger charge is -2.20. The van der Waals surface area contributed by atoms with Gasteiger partial charge < -0.3 is 0 Å². The molecule has 0 aromatic rings. The van der Waals surface area contributed by atoms with Gasteiger partial charge in [-0.05, 0) is 19.4 Å². The summed E-state index contributed by atoms with van der Waals surface area (Å²) in [6.45, 7) is 1.86. The highest BCUT2D eigenvalue weighted by atomic mass is 32.2. The third-order valence-electron chi connectivity index (χ3n) is 2.84. The summed E-state index contributed by atoms with van der Waals surface area (Å²) in [6.07, 6.45) is 5.79. The number of sulfone groups is 1. The molecule has 7 heteroatoms. The van der Waals surface area contributed by atoms with E-state index in [0.717, 1.165) is 0 Å². The van der Waals surface area contributed by atoms with Gasteiger partial charge in [-0.3, -0.25) is 9.69 Å². The molecule has 0 bridgehead atoms. The molecule has 1 unspecified atom stereocenters. The second kappa shape index (κ2) is 5.14. The lowest BCUT2D eigenvalue weighted by Crippen LogP contribution is -2.39. The van der Waals surface area contributed by atoms with E-state index in [1.807, 2.05) is 13.0 Å². The van der Waals surface area contributed by atoms with E-state index in [-0.39, 0.29) is 23.5 Å². The molecule has 0 aliphatic carbocycles. The van der Waals surface area contributed by atoms with Crippen LogP contribution in [0.25, 0.3) is 0 Å². The molecular weight excluding hydrogens is 290 g/mol. The number of thiocarbonyl (C=S) groups is 1. The predicted molar refractivity (Wildman–Crippen MR) is 77.0 cm³/mol. The summed E-state index contributed by atoms with van der Waals surface area (Å²) in [7, 11) is -3.01. The summed E-state index contributed by atoms with van der Waals surface area (Å²) >= 11 is 6.40. The Kier molecular flexibility index (Phi) is 3.93. The Morgan fingerprint density at radius 1 is 1.50 bits per heavy atom. The summed E-state index contributed by atoms with van der Waals surface area (Å²) in [4.78, 5) is 14.2. The van der Waals surface area contributed by atoms with Crippen LogP contribution in [0.4, 0.5) is 0 Å². The summed E-state index contributed by atoms with van der Waals surface area (Å²) < 4.78 is 23.4. The van der Waals surface area contributed by atoms with E-state index in [9.17, 15) is 13.2 Å². The standard InChI is InChI=1S/C11H13NO3S3/c1-2-3-4-9-10(13)12(11(16)17-9)8-5-6-18(14,15)7-8/h2-4,8H,5-7H2,1H3/b3-2+,9-4-. The zero-order chi connectivity index (χ0) is 13.3. The molecule has 1 amide bonds. The second-order valence-electron chi connectivity index (χ2n) is 4.16. The van der Waals surface area contributed by atoms with Crippen molar-refractivity contribution < 1.29 is 13.2 Å². The summed E-state index contributed by atoms with van der Waals surface area (Å²) in [5.41, 5.74) is 0. The Balaban J connectivity index is 2.21. The van der Waals surface area contributed by atoms with Crippen LogP contribution in [-0.2, 0) is 14.6 Å². The molecule has 0 aromatic carbocycles. The monoisotopic (exact) mass is 303 g/mol. The van der Waals surface area contributed by atoms with Gasteiger partial charge in [0.2, 0.25) is 0 Å². The number of nitrogens with zero attached hydrogens (tertiary/aromatic N) is 1. The van der Waals surface area contributed by atoms with Crippen LogP contribution in [-0.4, -0.2) is 41.1 Å². The Morgan fingerprint density at radius 2 is 2.22 bits per heavy atom. The molecule has 18 heavy (non-hydrogen) atoms. The normalized spacial score (nSPS) is 29.9. The lowest BCUT2D eigenvalue weighted by molar-refractivity contribution is -0.123. The van der Waals surface area contributed by atoms with Crippen LogP contribution in [0.1, 0.15) is 13.3 Å². The van der Waals surface area contributed by atoms with Gasteiger partial charge in [0.15, 0.2) is 9.84 Å².